The zero-order valence-electron chi connectivity index (χ0n) is 31.9. The summed E-state index contributed by atoms with van der Waals surface area (Å²) in [6.07, 6.45) is -3.97. The fourth-order valence-electron chi connectivity index (χ4n) is 7.14. The predicted molar refractivity (Wildman–Crippen MR) is 214 cm³/mol. The molecule has 1 fully saturated rings. The van der Waals surface area contributed by atoms with Crippen LogP contribution in [0.15, 0.2) is 163 Å². The molecular formula is C47H48N2O8. The quantitative estimate of drug-likeness (QED) is 0.0941. The van der Waals surface area contributed by atoms with Crippen molar-refractivity contribution >= 4 is 12.0 Å². The van der Waals surface area contributed by atoms with Crippen LogP contribution >= 0.6 is 0 Å². The summed E-state index contributed by atoms with van der Waals surface area (Å²) in [4.78, 5) is 27.4. The minimum atomic E-state index is -0.989. The van der Waals surface area contributed by atoms with Crippen LogP contribution in [0.5, 0.6) is 0 Å². The lowest BCUT2D eigenvalue weighted by molar-refractivity contribution is -0.275. The largest absolute Gasteiger partial charge is 0.457 e. The van der Waals surface area contributed by atoms with Crippen LogP contribution in [0.25, 0.3) is 0 Å². The van der Waals surface area contributed by atoms with Crippen LogP contribution in [0.1, 0.15) is 34.7 Å². The van der Waals surface area contributed by atoms with Crippen molar-refractivity contribution < 1.29 is 38.0 Å². The van der Waals surface area contributed by atoms with Crippen LogP contribution in [0.2, 0.25) is 0 Å². The highest BCUT2D eigenvalue weighted by atomic mass is 16.6. The zero-order chi connectivity index (χ0) is 39.2. The minimum absolute atomic E-state index is 0.0464. The Labute approximate surface area is 333 Å². The van der Waals surface area contributed by atoms with Crippen molar-refractivity contribution in [2.45, 2.75) is 76.5 Å². The molecule has 5 aromatic carbocycles. The van der Waals surface area contributed by atoms with E-state index in [-0.39, 0.29) is 38.6 Å². The molecule has 2 aliphatic rings. The number of hydrogen-bond donors (Lipinski definition) is 2. The molecule has 10 nitrogen and oxygen atoms in total. The average molecular weight is 769 g/mol. The summed E-state index contributed by atoms with van der Waals surface area (Å²) in [5, 5.41) is 5.76. The van der Waals surface area contributed by atoms with Gasteiger partial charge in [0.05, 0.1) is 44.6 Å². The summed E-state index contributed by atoms with van der Waals surface area (Å²) in [7, 11) is 0. The van der Waals surface area contributed by atoms with Gasteiger partial charge in [-0.3, -0.25) is 0 Å². The van der Waals surface area contributed by atoms with E-state index in [1.165, 1.54) is 0 Å². The second kappa shape index (κ2) is 20.0. The van der Waals surface area contributed by atoms with Crippen molar-refractivity contribution in [2.24, 2.45) is 0 Å². The van der Waals surface area contributed by atoms with Gasteiger partial charge in [-0.2, -0.15) is 0 Å². The lowest BCUT2D eigenvalue weighted by Crippen LogP contribution is -2.68. The van der Waals surface area contributed by atoms with Gasteiger partial charge in [-0.15, -0.1) is 0 Å². The molecular weight excluding hydrogens is 721 g/mol. The highest BCUT2D eigenvalue weighted by Gasteiger charge is 2.53. The van der Waals surface area contributed by atoms with E-state index in [9.17, 15) is 9.59 Å². The van der Waals surface area contributed by atoms with E-state index in [0.717, 1.165) is 27.8 Å². The Kier molecular flexibility index (Phi) is 13.9. The van der Waals surface area contributed by atoms with Crippen LogP contribution in [0.4, 0.5) is 4.79 Å². The van der Waals surface area contributed by atoms with E-state index in [0.29, 0.717) is 12.3 Å². The second-order valence-corrected chi connectivity index (χ2v) is 14.1. The highest BCUT2D eigenvalue weighted by molar-refractivity contribution is 5.94. The third-order valence-corrected chi connectivity index (χ3v) is 9.98. The van der Waals surface area contributed by atoms with Crippen molar-refractivity contribution in [1.82, 2.24) is 10.6 Å². The topological polar surface area (TPSA) is 114 Å². The first kappa shape index (κ1) is 39.6. The van der Waals surface area contributed by atoms with E-state index < -0.39 is 48.6 Å². The van der Waals surface area contributed by atoms with Gasteiger partial charge in [-0.1, -0.05) is 152 Å². The van der Waals surface area contributed by atoms with Gasteiger partial charge in [0.1, 0.15) is 37.1 Å². The van der Waals surface area contributed by atoms with Gasteiger partial charge in [0.25, 0.3) is 0 Å². The molecule has 57 heavy (non-hydrogen) atoms. The molecule has 2 amide bonds. The third kappa shape index (κ3) is 10.8. The first-order valence-electron chi connectivity index (χ1n) is 19.2. The first-order valence-corrected chi connectivity index (χ1v) is 19.2. The Morgan fingerprint density at radius 1 is 0.561 bits per heavy atom. The monoisotopic (exact) mass is 768 g/mol. The molecule has 0 aromatic heterocycles. The van der Waals surface area contributed by atoms with E-state index in [1.54, 1.807) is 6.92 Å². The van der Waals surface area contributed by atoms with E-state index in [2.05, 4.69) is 10.6 Å². The summed E-state index contributed by atoms with van der Waals surface area (Å²) in [5.74, 6) is -0.597. The summed E-state index contributed by atoms with van der Waals surface area (Å²) >= 11 is 0. The van der Waals surface area contributed by atoms with Gasteiger partial charge in [-0.25, -0.2) is 9.59 Å². The van der Waals surface area contributed by atoms with Crippen LogP contribution in [-0.2, 0) is 66.3 Å². The molecule has 294 valence electrons. The SMILES string of the molecule is CC1=C(C(=O)OCc2ccccc2)[C@@H]([C@@H]2O[C@H](COCc3ccccc3)[C@H](OCc3ccccc3)[C@H](OCc3ccccc3)[C@H]2OCc2ccccc2)NC(=O)N1. The summed E-state index contributed by atoms with van der Waals surface area (Å²) in [5.41, 5.74) is 5.26. The molecule has 0 spiro atoms. The Morgan fingerprint density at radius 2 is 0.982 bits per heavy atom. The van der Waals surface area contributed by atoms with Gasteiger partial charge in [0, 0.05) is 5.70 Å². The third-order valence-electron chi connectivity index (χ3n) is 9.98. The maximum absolute atomic E-state index is 14.1. The molecule has 0 unspecified atom stereocenters. The summed E-state index contributed by atoms with van der Waals surface area (Å²) in [6.45, 7) is 2.90. The maximum atomic E-state index is 14.1. The predicted octanol–water partition coefficient (Wildman–Crippen LogP) is 7.43. The second-order valence-electron chi connectivity index (χ2n) is 14.1. The molecule has 1 saturated heterocycles. The smallest absolute Gasteiger partial charge is 0.338 e. The van der Waals surface area contributed by atoms with E-state index in [4.69, 9.17) is 28.4 Å². The summed E-state index contributed by atoms with van der Waals surface area (Å²) < 4.78 is 39.8. The number of nitrogens with one attached hydrogen (secondary N) is 2. The molecule has 0 bridgehead atoms. The van der Waals surface area contributed by atoms with Crippen molar-refractivity contribution in [3.8, 4) is 0 Å². The Bertz CT molecular complexity index is 2030. The fourth-order valence-corrected chi connectivity index (χ4v) is 7.14. The number of urea groups is 1. The molecule has 2 heterocycles. The summed E-state index contributed by atoms with van der Waals surface area (Å²) in [6, 6.07) is 47.4. The highest BCUT2D eigenvalue weighted by Crippen LogP contribution is 2.35. The van der Waals surface area contributed by atoms with Crippen LogP contribution in [-0.4, -0.2) is 55.2 Å². The molecule has 2 N–H and O–H groups in total. The number of amides is 2. The Hall–Kier alpha value is -5.62. The van der Waals surface area contributed by atoms with Crippen molar-refractivity contribution in [3.05, 3.63) is 191 Å². The average Bonchev–Trinajstić information content (AvgIpc) is 3.25. The maximum Gasteiger partial charge on any atom is 0.338 e. The lowest BCUT2D eigenvalue weighted by atomic mass is 9.86. The van der Waals surface area contributed by atoms with Crippen molar-refractivity contribution in [3.63, 3.8) is 0 Å². The molecule has 0 radical (unpaired) electrons. The number of benzene rings is 5. The minimum Gasteiger partial charge on any atom is -0.457 e. The Morgan fingerprint density at radius 3 is 1.47 bits per heavy atom. The fraction of sp³-hybridized carbons (Fsp3) is 0.277. The Balaban J connectivity index is 1.26. The molecule has 0 saturated carbocycles. The van der Waals surface area contributed by atoms with Crippen LogP contribution in [0, 0.1) is 0 Å². The van der Waals surface area contributed by atoms with Gasteiger partial charge in [-0.05, 0) is 34.7 Å². The normalized spacial score (nSPS) is 22.0. The van der Waals surface area contributed by atoms with Gasteiger partial charge in [0.2, 0.25) is 0 Å². The van der Waals surface area contributed by atoms with E-state index >= 15 is 0 Å². The van der Waals surface area contributed by atoms with E-state index in [1.807, 2.05) is 152 Å². The number of carbonyl (C=O) groups is 2. The molecule has 7 rings (SSSR count). The zero-order valence-corrected chi connectivity index (χ0v) is 31.9. The molecule has 10 heteroatoms. The van der Waals surface area contributed by atoms with Gasteiger partial charge < -0.3 is 39.1 Å². The number of esters is 1. The van der Waals surface area contributed by atoms with Crippen LogP contribution in [0.3, 0.4) is 0 Å². The molecule has 2 aliphatic heterocycles. The van der Waals surface area contributed by atoms with Crippen molar-refractivity contribution in [1.29, 1.82) is 0 Å². The van der Waals surface area contributed by atoms with Crippen molar-refractivity contribution in [2.75, 3.05) is 6.61 Å². The number of hydrogen-bond acceptors (Lipinski definition) is 8. The lowest BCUT2D eigenvalue weighted by Gasteiger charge is -2.49. The molecule has 0 aliphatic carbocycles. The standard InChI is InChI=1S/C47H48N2O8/c1-33-40(46(50)56-31-38-25-15-6-16-26-38)41(49-47(51)48-33)43-45(55-30-37-23-13-5-14-24-37)44(54-29-36-21-11-4-12-22-36)42(53-28-35-19-9-3-10-20-35)39(57-43)32-52-27-34-17-7-2-8-18-34/h2-26,39,41-45H,27-32H2,1H3,(H2,48,49,51)/t39-,41+,42+,43+,44+,45+/m1/s1. The van der Waals surface area contributed by atoms with Gasteiger partial charge >= 0.3 is 12.0 Å². The molecule has 5 aromatic rings. The van der Waals surface area contributed by atoms with Crippen LogP contribution < -0.4 is 10.6 Å². The number of allylic oxidation sites excluding steroid dienone is 1. The first-order chi connectivity index (χ1) is 28.0. The number of ether oxygens (including phenoxy) is 6. The molecule has 6 atom stereocenters. The number of rotatable bonds is 17. The van der Waals surface area contributed by atoms with Gasteiger partial charge in [0.15, 0.2) is 0 Å². The number of carbonyl (C=O) groups excluding carboxylic acids is 2.